The summed E-state index contributed by atoms with van der Waals surface area (Å²) in [7, 11) is 0. The first-order valence-electron chi connectivity index (χ1n) is 10.4. The molecule has 158 valence electrons. The highest BCUT2D eigenvalue weighted by Gasteiger charge is 2.28. The molecule has 1 aliphatic carbocycles. The second-order valence-corrected chi connectivity index (χ2v) is 8.96. The normalized spacial score (nSPS) is 17.6. The molecule has 1 saturated carbocycles. The maximum atomic E-state index is 12.5. The van der Waals surface area contributed by atoms with E-state index in [-0.39, 0.29) is 29.9 Å². The fourth-order valence-corrected chi connectivity index (χ4v) is 3.39. The Morgan fingerprint density at radius 3 is 2.34 bits per heavy atom. The Bertz CT molecular complexity index is 760. The van der Waals surface area contributed by atoms with Gasteiger partial charge in [0, 0.05) is 25.6 Å². The lowest BCUT2D eigenvalue weighted by atomic mass is 9.93. The van der Waals surface area contributed by atoms with Gasteiger partial charge in [-0.2, -0.15) is 0 Å². The van der Waals surface area contributed by atoms with Gasteiger partial charge >= 0.3 is 6.09 Å². The highest BCUT2D eigenvalue weighted by Crippen LogP contribution is 2.24. The van der Waals surface area contributed by atoms with E-state index in [1.807, 2.05) is 26.8 Å². The molecule has 1 aromatic carbocycles. The summed E-state index contributed by atoms with van der Waals surface area (Å²) in [6.45, 7) is 6.74. The van der Waals surface area contributed by atoms with E-state index in [9.17, 15) is 14.4 Å². The van der Waals surface area contributed by atoms with Gasteiger partial charge in [0.2, 0.25) is 5.91 Å². The highest BCUT2D eigenvalue weighted by molar-refractivity contribution is 6.04. The van der Waals surface area contributed by atoms with Crippen LogP contribution in [-0.4, -0.2) is 47.5 Å². The van der Waals surface area contributed by atoms with E-state index in [1.165, 1.54) is 0 Å². The molecule has 0 unspecified atom stereocenters. The van der Waals surface area contributed by atoms with Crippen LogP contribution in [0, 0.1) is 5.92 Å². The molecule has 3 amide bonds. The van der Waals surface area contributed by atoms with Gasteiger partial charge in [-0.25, -0.2) is 4.79 Å². The van der Waals surface area contributed by atoms with Crippen molar-refractivity contribution in [2.24, 2.45) is 5.92 Å². The summed E-state index contributed by atoms with van der Waals surface area (Å²) in [5.41, 5.74) is 0.529. The first-order valence-corrected chi connectivity index (χ1v) is 10.4. The minimum atomic E-state index is -0.507. The largest absolute Gasteiger partial charge is 0.444 e. The Hall–Kier alpha value is -2.57. The molecule has 29 heavy (non-hydrogen) atoms. The lowest BCUT2D eigenvalue weighted by Gasteiger charge is -2.33. The number of piperidine rings is 1. The number of benzene rings is 1. The molecule has 7 nitrogen and oxygen atoms in total. The molecule has 0 atom stereocenters. The highest BCUT2D eigenvalue weighted by atomic mass is 16.6. The number of hydrogen-bond donors (Lipinski definition) is 2. The zero-order chi connectivity index (χ0) is 21.0. The standard InChI is InChI=1S/C22H31N3O4/c1-22(2,3)29-21(28)25-12-10-15(11-13-25)14-19(26)24-18-7-5-4-6-17(18)20(27)23-16-8-9-16/h4-7,15-16H,8-14H2,1-3H3,(H,23,27)(H,24,26). The van der Waals surface area contributed by atoms with Crippen molar-refractivity contribution >= 4 is 23.6 Å². The van der Waals surface area contributed by atoms with Gasteiger partial charge in [0.1, 0.15) is 5.60 Å². The average molecular weight is 402 g/mol. The summed E-state index contributed by atoms with van der Waals surface area (Å²) >= 11 is 0. The van der Waals surface area contributed by atoms with Crippen molar-refractivity contribution < 1.29 is 19.1 Å². The number of nitrogens with zero attached hydrogens (tertiary/aromatic N) is 1. The van der Waals surface area contributed by atoms with Crippen LogP contribution in [0.4, 0.5) is 10.5 Å². The Morgan fingerprint density at radius 2 is 1.72 bits per heavy atom. The third-order valence-corrected chi connectivity index (χ3v) is 5.10. The molecule has 0 aromatic heterocycles. The smallest absolute Gasteiger partial charge is 0.410 e. The number of hydrogen-bond acceptors (Lipinski definition) is 4. The molecule has 3 rings (SSSR count). The number of amides is 3. The van der Waals surface area contributed by atoms with E-state index < -0.39 is 5.60 Å². The minimum absolute atomic E-state index is 0.104. The van der Waals surface area contributed by atoms with Crippen molar-refractivity contribution in [3.05, 3.63) is 29.8 Å². The van der Waals surface area contributed by atoms with Gasteiger partial charge in [-0.05, 0) is 64.5 Å². The Balaban J connectivity index is 1.48. The number of carbonyl (C=O) groups excluding carboxylic acids is 3. The van der Waals surface area contributed by atoms with Crippen molar-refractivity contribution in [3.63, 3.8) is 0 Å². The number of nitrogens with one attached hydrogen (secondary N) is 2. The van der Waals surface area contributed by atoms with Gasteiger partial charge in [-0.3, -0.25) is 9.59 Å². The number of anilines is 1. The molecule has 1 heterocycles. The van der Waals surface area contributed by atoms with Crippen LogP contribution in [-0.2, 0) is 9.53 Å². The number of carbonyl (C=O) groups is 3. The summed E-state index contributed by atoms with van der Waals surface area (Å²) in [6.07, 6.45) is 3.63. The van der Waals surface area contributed by atoms with Crippen LogP contribution in [0.1, 0.15) is 63.2 Å². The summed E-state index contributed by atoms with van der Waals surface area (Å²) in [5, 5.41) is 5.85. The molecule has 2 aliphatic rings. The Kier molecular flexibility index (Phi) is 6.45. The van der Waals surface area contributed by atoms with E-state index in [0.29, 0.717) is 30.8 Å². The molecule has 0 radical (unpaired) electrons. The zero-order valence-corrected chi connectivity index (χ0v) is 17.5. The molecular weight excluding hydrogens is 370 g/mol. The van der Waals surface area contributed by atoms with Gasteiger partial charge in [0.25, 0.3) is 5.91 Å². The first kappa shape index (κ1) is 21.1. The summed E-state index contributed by atoms with van der Waals surface area (Å²) < 4.78 is 5.41. The monoisotopic (exact) mass is 401 g/mol. The van der Waals surface area contributed by atoms with Gasteiger partial charge in [0.05, 0.1) is 11.3 Å². The number of para-hydroxylation sites is 1. The Labute approximate surface area is 172 Å². The average Bonchev–Trinajstić information content (AvgIpc) is 3.45. The van der Waals surface area contributed by atoms with Gasteiger partial charge in [-0.1, -0.05) is 12.1 Å². The van der Waals surface area contributed by atoms with E-state index >= 15 is 0 Å². The van der Waals surface area contributed by atoms with E-state index in [2.05, 4.69) is 10.6 Å². The van der Waals surface area contributed by atoms with Crippen molar-refractivity contribution in [2.45, 2.75) is 64.5 Å². The summed E-state index contributed by atoms with van der Waals surface area (Å²) in [4.78, 5) is 38.8. The molecule has 1 saturated heterocycles. The van der Waals surface area contributed by atoms with E-state index in [4.69, 9.17) is 4.74 Å². The molecule has 0 spiro atoms. The van der Waals surface area contributed by atoms with Crippen molar-refractivity contribution in [1.82, 2.24) is 10.2 Å². The topological polar surface area (TPSA) is 87.7 Å². The zero-order valence-electron chi connectivity index (χ0n) is 17.5. The summed E-state index contributed by atoms with van der Waals surface area (Å²) in [6, 6.07) is 7.35. The SMILES string of the molecule is CC(C)(C)OC(=O)N1CCC(CC(=O)Nc2ccccc2C(=O)NC2CC2)CC1. The van der Waals surface area contributed by atoms with Gasteiger partial charge in [0.15, 0.2) is 0 Å². The quantitative estimate of drug-likeness (QED) is 0.790. The summed E-state index contributed by atoms with van der Waals surface area (Å²) in [5.74, 6) is -0.0393. The van der Waals surface area contributed by atoms with Crippen LogP contribution in [0.15, 0.2) is 24.3 Å². The van der Waals surface area contributed by atoms with Crippen LogP contribution in [0.2, 0.25) is 0 Å². The second kappa shape index (κ2) is 8.84. The van der Waals surface area contributed by atoms with Crippen molar-refractivity contribution in [3.8, 4) is 0 Å². The number of likely N-dealkylation sites (tertiary alicyclic amines) is 1. The maximum absolute atomic E-state index is 12.5. The maximum Gasteiger partial charge on any atom is 0.410 e. The lowest BCUT2D eigenvalue weighted by Crippen LogP contribution is -2.42. The van der Waals surface area contributed by atoms with E-state index in [1.54, 1.807) is 23.1 Å². The van der Waals surface area contributed by atoms with Gasteiger partial charge in [-0.15, -0.1) is 0 Å². The first-order chi connectivity index (χ1) is 13.7. The van der Waals surface area contributed by atoms with Crippen LogP contribution < -0.4 is 10.6 Å². The third-order valence-electron chi connectivity index (χ3n) is 5.10. The molecule has 2 N–H and O–H groups in total. The minimum Gasteiger partial charge on any atom is -0.444 e. The van der Waals surface area contributed by atoms with Crippen molar-refractivity contribution in [2.75, 3.05) is 18.4 Å². The molecule has 0 bridgehead atoms. The van der Waals surface area contributed by atoms with Crippen LogP contribution in [0.5, 0.6) is 0 Å². The second-order valence-electron chi connectivity index (χ2n) is 8.96. The van der Waals surface area contributed by atoms with E-state index in [0.717, 1.165) is 25.7 Å². The molecule has 1 aromatic rings. The number of rotatable bonds is 5. The van der Waals surface area contributed by atoms with Crippen molar-refractivity contribution in [1.29, 1.82) is 0 Å². The predicted octanol–water partition coefficient (Wildman–Crippen LogP) is 3.55. The van der Waals surface area contributed by atoms with Crippen LogP contribution >= 0.6 is 0 Å². The molecular formula is C22H31N3O4. The van der Waals surface area contributed by atoms with Crippen LogP contribution in [0.3, 0.4) is 0 Å². The molecule has 1 aliphatic heterocycles. The van der Waals surface area contributed by atoms with Crippen LogP contribution in [0.25, 0.3) is 0 Å². The lowest BCUT2D eigenvalue weighted by molar-refractivity contribution is -0.117. The molecule has 2 fully saturated rings. The molecule has 7 heteroatoms. The fraction of sp³-hybridized carbons (Fsp3) is 0.591. The fourth-order valence-electron chi connectivity index (χ4n) is 3.39. The number of ether oxygens (including phenoxy) is 1. The Morgan fingerprint density at radius 1 is 1.07 bits per heavy atom. The van der Waals surface area contributed by atoms with Gasteiger partial charge < -0.3 is 20.3 Å². The third kappa shape index (κ3) is 6.48. The predicted molar refractivity (Wildman–Crippen MR) is 111 cm³/mol.